The van der Waals surface area contributed by atoms with Gasteiger partial charge in [-0.1, -0.05) is 0 Å². The first-order chi connectivity index (χ1) is 4.05. The predicted octanol–water partition coefficient (Wildman–Crippen LogP) is 1.50. The van der Waals surface area contributed by atoms with Gasteiger partial charge in [-0.05, 0) is 13.8 Å². The highest BCUT2D eigenvalue weighted by Crippen LogP contribution is 2.28. The summed E-state index contributed by atoms with van der Waals surface area (Å²) in [5.41, 5.74) is 0. The maximum Gasteiger partial charge on any atom is 0.0861 e. The summed E-state index contributed by atoms with van der Waals surface area (Å²) in [6.07, 6.45) is 2.20. The fourth-order valence-corrected chi connectivity index (χ4v) is 1.43. The molecule has 0 radical (unpaired) electrons. The Morgan fingerprint density at radius 2 is 1.56 bits per heavy atom. The summed E-state index contributed by atoms with van der Waals surface area (Å²) in [6, 6.07) is 0.639. The van der Waals surface area contributed by atoms with Crippen LogP contribution in [0.25, 0.3) is 0 Å². The summed E-state index contributed by atoms with van der Waals surface area (Å²) >= 11 is 0. The van der Waals surface area contributed by atoms with Gasteiger partial charge in [0, 0.05) is 12.8 Å². The Morgan fingerprint density at radius 3 is 1.67 bits per heavy atom. The fraction of sp³-hybridized carbons (Fsp3) is 1.00. The van der Waals surface area contributed by atoms with Gasteiger partial charge in [-0.3, -0.25) is 0 Å². The van der Waals surface area contributed by atoms with Crippen LogP contribution in [-0.2, 0) is 0 Å². The molecule has 1 saturated heterocycles. The molecule has 1 heterocycles. The van der Waals surface area contributed by atoms with Gasteiger partial charge in [0.1, 0.15) is 0 Å². The molecule has 2 atom stereocenters. The van der Waals surface area contributed by atoms with Crippen LogP contribution in [0.5, 0.6) is 0 Å². The van der Waals surface area contributed by atoms with Crippen molar-refractivity contribution in [1.82, 2.24) is 0 Å². The maximum atomic E-state index is 11.5. The van der Waals surface area contributed by atoms with Crippen LogP contribution >= 0.6 is 0 Å². The third kappa shape index (κ3) is 0.970. The predicted molar refractivity (Wildman–Crippen MR) is 37.7 cm³/mol. The second-order valence-electron chi connectivity index (χ2n) is 3.33. The normalized spacial score (nSPS) is 41.3. The highest BCUT2D eigenvalue weighted by atomic mass is 16.5. The lowest BCUT2D eigenvalue weighted by Gasteiger charge is -2.42. The second-order valence-corrected chi connectivity index (χ2v) is 3.33. The minimum absolute atomic E-state index is 0.0278. The van der Waals surface area contributed by atoms with Crippen LogP contribution in [-0.4, -0.2) is 23.8 Å². The highest BCUT2D eigenvalue weighted by molar-refractivity contribution is 4.68. The van der Waals surface area contributed by atoms with E-state index in [2.05, 4.69) is 0 Å². The minimum atomic E-state index is -0.0278. The van der Waals surface area contributed by atoms with Crippen molar-refractivity contribution in [3.8, 4) is 0 Å². The summed E-state index contributed by atoms with van der Waals surface area (Å²) in [5.74, 6) is 0. The van der Waals surface area contributed by atoms with Crippen LogP contribution in [0, 0.1) is 5.21 Å². The number of hydroxylamine groups is 3. The summed E-state index contributed by atoms with van der Waals surface area (Å²) in [6.45, 7) is 4.08. The van der Waals surface area contributed by atoms with Crippen molar-refractivity contribution in [2.24, 2.45) is 0 Å². The van der Waals surface area contributed by atoms with Gasteiger partial charge >= 0.3 is 0 Å². The molecule has 0 unspecified atom stereocenters. The van der Waals surface area contributed by atoms with Gasteiger partial charge < -0.3 is 9.85 Å². The van der Waals surface area contributed by atoms with Crippen molar-refractivity contribution in [2.75, 3.05) is 7.05 Å². The summed E-state index contributed by atoms with van der Waals surface area (Å²) in [5, 5.41) is 11.5. The molecule has 0 aliphatic carbocycles. The molecule has 0 N–H and O–H groups in total. The number of quaternary nitrogens is 1. The standard InChI is InChI=1S/C7H15NO/c1-6-4-5-7(2)8(6,3)9/h6-7H,4-5H2,1-3H3/t6-,7-/m1/s1. The lowest BCUT2D eigenvalue weighted by Crippen LogP contribution is -2.45. The van der Waals surface area contributed by atoms with Crippen LogP contribution in [0.15, 0.2) is 0 Å². The monoisotopic (exact) mass is 129 g/mol. The lowest BCUT2D eigenvalue weighted by molar-refractivity contribution is -0.892. The van der Waals surface area contributed by atoms with E-state index in [0.29, 0.717) is 12.1 Å². The van der Waals surface area contributed by atoms with E-state index >= 15 is 0 Å². The van der Waals surface area contributed by atoms with Crippen molar-refractivity contribution in [1.29, 1.82) is 0 Å². The Kier molecular flexibility index (Phi) is 1.53. The van der Waals surface area contributed by atoms with Gasteiger partial charge in [-0.15, -0.1) is 0 Å². The summed E-state index contributed by atoms with van der Waals surface area (Å²) in [7, 11) is 1.78. The smallest absolute Gasteiger partial charge is 0.0861 e. The molecule has 2 nitrogen and oxygen atoms in total. The first-order valence-electron chi connectivity index (χ1n) is 3.62. The largest absolute Gasteiger partial charge is 0.633 e. The van der Waals surface area contributed by atoms with Gasteiger partial charge in [-0.25, -0.2) is 0 Å². The van der Waals surface area contributed by atoms with Crippen molar-refractivity contribution < 1.29 is 4.65 Å². The molecule has 2 heteroatoms. The molecule has 1 rings (SSSR count). The van der Waals surface area contributed by atoms with Crippen LogP contribution < -0.4 is 0 Å². The van der Waals surface area contributed by atoms with Crippen molar-refractivity contribution >= 4 is 0 Å². The van der Waals surface area contributed by atoms with Crippen molar-refractivity contribution in [3.05, 3.63) is 5.21 Å². The Bertz CT molecular complexity index is 99.5. The Morgan fingerprint density at radius 1 is 1.22 bits per heavy atom. The molecule has 54 valence electrons. The third-order valence-electron chi connectivity index (χ3n) is 2.75. The average molecular weight is 129 g/mol. The van der Waals surface area contributed by atoms with Crippen molar-refractivity contribution in [3.63, 3.8) is 0 Å². The topological polar surface area (TPSA) is 23.1 Å². The molecule has 1 aliphatic rings. The molecule has 0 aromatic rings. The van der Waals surface area contributed by atoms with E-state index < -0.39 is 0 Å². The summed E-state index contributed by atoms with van der Waals surface area (Å²) < 4.78 is -0.0278. The highest BCUT2D eigenvalue weighted by Gasteiger charge is 2.33. The maximum absolute atomic E-state index is 11.5. The zero-order valence-electron chi connectivity index (χ0n) is 6.42. The zero-order chi connectivity index (χ0) is 7.07. The van der Waals surface area contributed by atoms with Crippen molar-refractivity contribution in [2.45, 2.75) is 38.8 Å². The van der Waals surface area contributed by atoms with E-state index in [1.54, 1.807) is 7.05 Å². The number of likely N-dealkylation sites (tertiary alicyclic amines) is 1. The first kappa shape index (κ1) is 7.03. The molecule has 0 aromatic heterocycles. The van der Waals surface area contributed by atoms with E-state index in [1.165, 1.54) is 0 Å². The van der Waals surface area contributed by atoms with E-state index in [4.69, 9.17) is 0 Å². The molecular weight excluding hydrogens is 114 g/mol. The number of hydrogen-bond acceptors (Lipinski definition) is 1. The molecule has 1 fully saturated rings. The molecule has 0 bridgehead atoms. The Labute approximate surface area is 56.6 Å². The summed E-state index contributed by atoms with van der Waals surface area (Å²) in [4.78, 5) is 0. The average Bonchev–Trinajstić information content (AvgIpc) is 1.96. The first-order valence-corrected chi connectivity index (χ1v) is 3.62. The molecule has 0 aromatic carbocycles. The van der Waals surface area contributed by atoms with Crippen LogP contribution in [0.2, 0.25) is 0 Å². The minimum Gasteiger partial charge on any atom is -0.633 e. The number of rotatable bonds is 0. The lowest BCUT2D eigenvalue weighted by atomic mass is 10.2. The Hall–Kier alpha value is -0.0800. The quantitative estimate of drug-likeness (QED) is 0.359. The number of hydrogen-bond donors (Lipinski definition) is 0. The third-order valence-corrected chi connectivity index (χ3v) is 2.75. The molecule has 0 saturated carbocycles. The van der Waals surface area contributed by atoms with E-state index in [1.807, 2.05) is 13.8 Å². The van der Waals surface area contributed by atoms with Gasteiger partial charge in [0.25, 0.3) is 0 Å². The van der Waals surface area contributed by atoms with Crippen LogP contribution in [0.1, 0.15) is 26.7 Å². The van der Waals surface area contributed by atoms with Gasteiger partial charge in [0.2, 0.25) is 0 Å². The number of nitrogens with zero attached hydrogens (tertiary/aromatic N) is 1. The molecule has 0 spiro atoms. The van der Waals surface area contributed by atoms with Gasteiger partial charge in [0.15, 0.2) is 0 Å². The van der Waals surface area contributed by atoms with E-state index in [0.717, 1.165) is 12.8 Å². The van der Waals surface area contributed by atoms with Crippen LogP contribution in [0.4, 0.5) is 0 Å². The molecule has 9 heavy (non-hydrogen) atoms. The van der Waals surface area contributed by atoms with E-state index in [-0.39, 0.29) is 4.65 Å². The zero-order valence-corrected chi connectivity index (χ0v) is 6.42. The van der Waals surface area contributed by atoms with E-state index in [9.17, 15) is 5.21 Å². The Balaban J connectivity index is 2.66. The van der Waals surface area contributed by atoms with Gasteiger partial charge in [-0.2, -0.15) is 0 Å². The second kappa shape index (κ2) is 1.96. The fourth-order valence-electron chi connectivity index (χ4n) is 1.43. The van der Waals surface area contributed by atoms with Gasteiger partial charge in [0.05, 0.1) is 19.1 Å². The molecular formula is C7H15NO. The molecule has 0 amide bonds. The SMILES string of the molecule is C[C@@H]1CC[C@@H](C)[N+]1(C)[O-]. The molecule has 1 aliphatic heterocycles. The van der Waals surface area contributed by atoms with Crippen LogP contribution in [0.3, 0.4) is 0 Å².